The van der Waals surface area contributed by atoms with Crippen LogP contribution >= 0.6 is 11.3 Å². The first-order chi connectivity index (χ1) is 23.7. The normalized spacial score (nSPS) is 16.0. The number of fused-ring (bicyclic) bond motifs is 2. The molecule has 9 N–H and O–H groups in total. The molecule has 0 unspecified atom stereocenters. The van der Waals surface area contributed by atoms with Crippen molar-refractivity contribution in [3.05, 3.63) is 101 Å². The third-order valence-electron chi connectivity index (χ3n) is 9.16. The molecule has 0 radical (unpaired) electrons. The van der Waals surface area contributed by atoms with Crippen LogP contribution in [-0.4, -0.2) is 70.4 Å². The average molecular weight is 681 g/mol. The molecule has 0 spiro atoms. The van der Waals surface area contributed by atoms with Gasteiger partial charge in [-0.25, -0.2) is 4.98 Å². The largest absolute Gasteiger partial charge is 0.368 e. The smallest absolute Gasteiger partial charge is 0.243 e. The van der Waals surface area contributed by atoms with Gasteiger partial charge in [0, 0.05) is 41.7 Å². The molecule has 5 aromatic rings. The molecular formula is C36H40N8O4S. The molecule has 3 atom stereocenters. The number of aromatic nitrogens is 2. The van der Waals surface area contributed by atoms with Crippen LogP contribution in [-0.2, 0) is 38.4 Å². The quantitative estimate of drug-likeness (QED) is 0.0985. The third kappa shape index (κ3) is 7.96. The van der Waals surface area contributed by atoms with Crippen LogP contribution in [0.5, 0.6) is 0 Å². The molecule has 13 heteroatoms. The van der Waals surface area contributed by atoms with E-state index in [1.165, 1.54) is 11.3 Å². The molecule has 1 fully saturated rings. The summed E-state index contributed by atoms with van der Waals surface area (Å²) in [6.45, 7) is 1.16. The average Bonchev–Trinajstić information content (AvgIpc) is 3.78. The molecule has 254 valence electrons. The summed E-state index contributed by atoms with van der Waals surface area (Å²) in [6.07, 6.45) is 2.99. The van der Waals surface area contributed by atoms with E-state index < -0.39 is 47.3 Å². The minimum atomic E-state index is -1.15. The van der Waals surface area contributed by atoms with Gasteiger partial charge in [-0.05, 0) is 53.9 Å². The summed E-state index contributed by atoms with van der Waals surface area (Å²) in [5, 5.41) is 16.4. The van der Waals surface area contributed by atoms with Gasteiger partial charge in [-0.1, -0.05) is 60.7 Å². The number of nitrogens with zero attached hydrogens (tertiary/aromatic N) is 1. The number of piperidine rings is 1. The van der Waals surface area contributed by atoms with Crippen LogP contribution in [0.25, 0.3) is 21.7 Å². The monoisotopic (exact) mass is 680 g/mol. The van der Waals surface area contributed by atoms with Gasteiger partial charge in [0.1, 0.15) is 18.1 Å². The first kappa shape index (κ1) is 33.8. The number of hydrogen-bond acceptors (Lipinski definition) is 8. The molecule has 12 nitrogen and oxygen atoms in total. The molecule has 0 aliphatic carbocycles. The highest BCUT2D eigenvalue weighted by molar-refractivity contribution is 7.07. The molecular weight excluding hydrogens is 641 g/mol. The van der Waals surface area contributed by atoms with Gasteiger partial charge in [0.05, 0.1) is 16.7 Å². The highest BCUT2D eigenvalue weighted by atomic mass is 32.1. The maximum absolute atomic E-state index is 14.3. The molecule has 2 aromatic heterocycles. The van der Waals surface area contributed by atoms with Crippen LogP contribution in [0.15, 0.2) is 83.8 Å². The number of benzene rings is 3. The van der Waals surface area contributed by atoms with E-state index in [1.807, 2.05) is 66.7 Å². The number of rotatable bonds is 13. The Morgan fingerprint density at radius 1 is 0.796 bits per heavy atom. The van der Waals surface area contributed by atoms with Crippen molar-refractivity contribution in [2.75, 3.05) is 13.1 Å². The number of carbonyl (C=O) groups excluding carboxylic acids is 4. The Balaban J connectivity index is 1.30. The van der Waals surface area contributed by atoms with E-state index in [-0.39, 0.29) is 19.3 Å². The molecule has 49 heavy (non-hydrogen) atoms. The topological polar surface area (TPSA) is 197 Å². The van der Waals surface area contributed by atoms with E-state index in [1.54, 1.807) is 17.1 Å². The molecule has 3 heterocycles. The van der Waals surface area contributed by atoms with Crippen LogP contribution in [0.2, 0.25) is 0 Å². The van der Waals surface area contributed by atoms with E-state index in [9.17, 15) is 19.2 Å². The minimum absolute atomic E-state index is 0.102. The van der Waals surface area contributed by atoms with Crippen molar-refractivity contribution in [2.24, 2.45) is 11.5 Å². The number of primary amides is 1. The van der Waals surface area contributed by atoms with Crippen molar-refractivity contribution in [2.45, 2.75) is 55.8 Å². The predicted octanol–water partition coefficient (Wildman–Crippen LogP) is 1.83. The summed E-state index contributed by atoms with van der Waals surface area (Å²) in [7, 11) is 0. The fourth-order valence-electron chi connectivity index (χ4n) is 6.35. The zero-order valence-electron chi connectivity index (χ0n) is 26.9. The number of nitrogens with two attached hydrogens (primary N) is 2. The van der Waals surface area contributed by atoms with Crippen molar-refractivity contribution >= 4 is 56.6 Å². The fourth-order valence-corrected chi connectivity index (χ4v) is 6.92. The summed E-state index contributed by atoms with van der Waals surface area (Å²) in [4.78, 5) is 61.9. The lowest BCUT2D eigenvalue weighted by atomic mass is 9.88. The van der Waals surface area contributed by atoms with Crippen molar-refractivity contribution in [3.8, 4) is 0 Å². The predicted molar refractivity (Wildman–Crippen MR) is 189 cm³/mol. The van der Waals surface area contributed by atoms with Crippen LogP contribution < -0.4 is 32.7 Å². The minimum Gasteiger partial charge on any atom is -0.368 e. The zero-order chi connectivity index (χ0) is 34.4. The number of aromatic amines is 1. The Hall–Kier alpha value is -5.11. The number of para-hydroxylation sites is 1. The van der Waals surface area contributed by atoms with Gasteiger partial charge in [-0.15, -0.1) is 11.3 Å². The number of nitrogens with one attached hydrogen (secondary N) is 5. The summed E-state index contributed by atoms with van der Waals surface area (Å²) >= 11 is 1.37. The van der Waals surface area contributed by atoms with E-state index in [2.05, 4.69) is 31.2 Å². The lowest BCUT2D eigenvalue weighted by Crippen LogP contribution is -2.63. The van der Waals surface area contributed by atoms with Crippen LogP contribution in [0, 0.1) is 0 Å². The molecule has 1 aliphatic heterocycles. The van der Waals surface area contributed by atoms with Gasteiger partial charge in [0.2, 0.25) is 23.6 Å². The van der Waals surface area contributed by atoms with Crippen molar-refractivity contribution in [1.29, 1.82) is 0 Å². The second kappa shape index (κ2) is 15.0. The lowest BCUT2D eigenvalue weighted by Gasteiger charge is -2.34. The number of H-pyrrole nitrogens is 1. The van der Waals surface area contributed by atoms with E-state index in [0.717, 1.165) is 32.8 Å². The third-order valence-corrected chi connectivity index (χ3v) is 9.80. The molecule has 1 aliphatic rings. The Labute approximate surface area is 287 Å². The van der Waals surface area contributed by atoms with Gasteiger partial charge < -0.3 is 37.7 Å². The van der Waals surface area contributed by atoms with Gasteiger partial charge in [0.15, 0.2) is 0 Å². The van der Waals surface area contributed by atoms with E-state index in [0.29, 0.717) is 31.6 Å². The first-order valence-corrected chi connectivity index (χ1v) is 17.2. The number of amides is 4. The van der Waals surface area contributed by atoms with Crippen molar-refractivity contribution in [1.82, 2.24) is 31.2 Å². The number of hydrogen-bond donors (Lipinski definition) is 7. The van der Waals surface area contributed by atoms with Crippen molar-refractivity contribution in [3.63, 3.8) is 0 Å². The van der Waals surface area contributed by atoms with E-state index >= 15 is 0 Å². The van der Waals surface area contributed by atoms with Gasteiger partial charge in [0.25, 0.3) is 0 Å². The summed E-state index contributed by atoms with van der Waals surface area (Å²) in [5.41, 5.74) is 15.9. The Kier molecular flexibility index (Phi) is 10.3. The van der Waals surface area contributed by atoms with Crippen LogP contribution in [0.3, 0.4) is 0 Å². The lowest BCUT2D eigenvalue weighted by molar-refractivity contribution is -0.134. The van der Waals surface area contributed by atoms with Gasteiger partial charge in [-0.3, -0.25) is 19.2 Å². The second-order valence-corrected chi connectivity index (χ2v) is 13.3. The summed E-state index contributed by atoms with van der Waals surface area (Å²) < 4.78 is 0. The van der Waals surface area contributed by atoms with Crippen LogP contribution in [0.1, 0.15) is 29.7 Å². The van der Waals surface area contributed by atoms with Gasteiger partial charge >= 0.3 is 0 Å². The Bertz CT molecular complexity index is 1950. The van der Waals surface area contributed by atoms with Crippen LogP contribution in [0.4, 0.5) is 0 Å². The molecule has 1 saturated heterocycles. The SMILES string of the molecule is NC(=O)[C@H](Cc1cscn1)NC(=O)[C@@H](Cc1c[nH]c2ccccc12)NC(=O)[C@@H](Cc1cccc2ccccc12)NC(=O)C1(N)CCNCC1. The zero-order valence-corrected chi connectivity index (χ0v) is 27.7. The Morgan fingerprint density at radius 3 is 2.18 bits per heavy atom. The summed E-state index contributed by atoms with van der Waals surface area (Å²) in [6, 6.07) is 18.0. The second-order valence-electron chi connectivity index (χ2n) is 12.5. The standard InChI is InChI=1S/C36H40N8O4S/c37-32(45)29(18-25-20-49-21-41-25)42-33(46)30(17-24-19-40-28-11-4-3-10-27(24)28)43-34(47)31(44-35(48)36(38)12-14-39-15-13-36)16-23-8-5-7-22-6-1-2-9-26(22)23/h1-11,19-21,29-31,39-40H,12-18,38H2,(H2,37,45)(H,42,46)(H,43,47)(H,44,48)/t29-,30+,31+/m0/s1. The molecule has 4 amide bonds. The highest BCUT2D eigenvalue weighted by Crippen LogP contribution is 2.22. The summed E-state index contributed by atoms with van der Waals surface area (Å²) in [5.74, 6) is -2.31. The highest BCUT2D eigenvalue weighted by Gasteiger charge is 2.38. The van der Waals surface area contributed by atoms with E-state index in [4.69, 9.17) is 11.5 Å². The number of carbonyl (C=O) groups is 4. The first-order valence-electron chi connectivity index (χ1n) is 16.3. The molecule has 0 saturated carbocycles. The molecule has 6 rings (SSSR count). The van der Waals surface area contributed by atoms with Gasteiger partial charge in [-0.2, -0.15) is 0 Å². The molecule has 3 aromatic carbocycles. The number of thiazole rings is 1. The molecule has 0 bridgehead atoms. The van der Waals surface area contributed by atoms with Crippen molar-refractivity contribution < 1.29 is 19.2 Å². The maximum Gasteiger partial charge on any atom is 0.243 e. The Morgan fingerprint density at radius 2 is 1.45 bits per heavy atom. The fraction of sp³-hybridized carbons (Fsp3) is 0.306. The maximum atomic E-state index is 14.3.